The van der Waals surface area contributed by atoms with Crippen molar-refractivity contribution in [1.29, 1.82) is 0 Å². The second kappa shape index (κ2) is 10.5. The molecule has 0 saturated heterocycles. The van der Waals surface area contributed by atoms with Gasteiger partial charge in [-0.2, -0.15) is 0 Å². The van der Waals surface area contributed by atoms with E-state index in [9.17, 15) is 9.59 Å². The van der Waals surface area contributed by atoms with Gasteiger partial charge in [0.1, 0.15) is 0 Å². The lowest BCUT2D eigenvalue weighted by Gasteiger charge is -2.25. The Morgan fingerprint density at radius 3 is 2.58 bits per heavy atom. The number of benzene rings is 1. The third kappa shape index (κ3) is 5.31. The maximum absolute atomic E-state index is 13.2. The molecule has 0 bridgehead atoms. The number of rotatable bonds is 9. The highest BCUT2D eigenvalue weighted by Crippen LogP contribution is 2.44. The predicted molar refractivity (Wildman–Crippen MR) is 132 cm³/mol. The first-order valence-electron chi connectivity index (χ1n) is 10.4. The number of hydrogen-bond donors (Lipinski definition) is 2. The Morgan fingerprint density at radius 1 is 1.09 bits per heavy atom. The molecule has 4 rings (SSSR count). The quantitative estimate of drug-likeness (QED) is 0.319. The summed E-state index contributed by atoms with van der Waals surface area (Å²) in [7, 11) is 3.10. The van der Waals surface area contributed by atoms with Crippen molar-refractivity contribution in [2.45, 2.75) is 35.4 Å². The molecular formula is C22H24N4O4S3. The van der Waals surface area contributed by atoms with Gasteiger partial charge in [-0.25, -0.2) is 0 Å². The summed E-state index contributed by atoms with van der Waals surface area (Å²) in [4.78, 5) is 26.6. The Morgan fingerprint density at radius 2 is 1.88 bits per heavy atom. The number of hydrogen-bond acceptors (Lipinski definition) is 9. The molecule has 1 fully saturated rings. The van der Waals surface area contributed by atoms with E-state index in [0.29, 0.717) is 26.7 Å². The van der Waals surface area contributed by atoms with Crippen LogP contribution < -0.4 is 20.1 Å². The van der Waals surface area contributed by atoms with Crippen molar-refractivity contribution < 1.29 is 19.1 Å². The molecule has 0 radical (unpaired) electrons. The van der Waals surface area contributed by atoms with E-state index in [4.69, 9.17) is 9.47 Å². The first kappa shape index (κ1) is 23.5. The van der Waals surface area contributed by atoms with Crippen LogP contribution in [0, 0.1) is 0 Å². The fraction of sp³-hybridized carbons (Fsp3) is 0.364. The lowest BCUT2D eigenvalue weighted by molar-refractivity contribution is -0.121. The number of methoxy groups -OCH3 is 2. The van der Waals surface area contributed by atoms with Crippen LogP contribution in [-0.2, 0) is 15.0 Å². The van der Waals surface area contributed by atoms with Gasteiger partial charge >= 0.3 is 0 Å². The summed E-state index contributed by atoms with van der Waals surface area (Å²) in [6.07, 6.45) is 3.77. The zero-order chi connectivity index (χ0) is 23.3. The van der Waals surface area contributed by atoms with Gasteiger partial charge in [0.25, 0.3) is 0 Å². The summed E-state index contributed by atoms with van der Waals surface area (Å²) in [5, 5.41) is 16.5. The van der Waals surface area contributed by atoms with Gasteiger partial charge in [0.15, 0.2) is 15.8 Å². The minimum Gasteiger partial charge on any atom is -0.493 e. The molecule has 1 saturated carbocycles. The lowest BCUT2D eigenvalue weighted by Crippen LogP contribution is -2.37. The smallest absolute Gasteiger partial charge is 0.237 e. The number of anilines is 2. The number of aromatic nitrogens is 2. The molecule has 0 unspecified atom stereocenters. The molecule has 0 atom stereocenters. The number of nitrogens with zero attached hydrogens (tertiary/aromatic N) is 2. The molecule has 8 nitrogen and oxygen atoms in total. The Bertz CT molecular complexity index is 1110. The summed E-state index contributed by atoms with van der Waals surface area (Å²) in [5.41, 5.74) is 0.130. The van der Waals surface area contributed by atoms with Crippen LogP contribution in [-0.4, -0.2) is 42.0 Å². The molecule has 1 aliphatic rings. The summed E-state index contributed by atoms with van der Waals surface area (Å²) in [5.74, 6) is 1.08. The number of thiophene rings is 1. The second-order valence-electron chi connectivity index (χ2n) is 7.50. The van der Waals surface area contributed by atoms with Gasteiger partial charge in [-0.05, 0) is 36.4 Å². The van der Waals surface area contributed by atoms with Gasteiger partial charge < -0.3 is 14.8 Å². The number of ether oxygens (including phenoxy) is 2. The summed E-state index contributed by atoms with van der Waals surface area (Å²) in [6, 6.07) is 9.20. The van der Waals surface area contributed by atoms with E-state index in [1.165, 1.54) is 23.1 Å². The highest BCUT2D eigenvalue weighted by atomic mass is 32.2. The molecule has 0 spiro atoms. The Labute approximate surface area is 204 Å². The number of nitrogens with one attached hydrogen (secondary N) is 2. The highest BCUT2D eigenvalue weighted by Gasteiger charge is 2.43. The molecule has 0 aliphatic heterocycles. The van der Waals surface area contributed by atoms with Gasteiger partial charge in [0.05, 0.1) is 25.4 Å². The molecule has 2 amide bonds. The van der Waals surface area contributed by atoms with Crippen molar-refractivity contribution in [1.82, 2.24) is 10.2 Å². The molecule has 11 heteroatoms. The molecule has 2 aromatic heterocycles. The summed E-state index contributed by atoms with van der Waals surface area (Å²) < 4.78 is 11.1. The van der Waals surface area contributed by atoms with Gasteiger partial charge in [-0.1, -0.05) is 42.0 Å². The average molecular weight is 505 g/mol. The molecule has 33 heavy (non-hydrogen) atoms. The number of carbonyl (C=O) groups is 2. The topological polar surface area (TPSA) is 102 Å². The largest absolute Gasteiger partial charge is 0.493 e. The normalized spacial score (nSPS) is 14.6. The zero-order valence-electron chi connectivity index (χ0n) is 18.3. The summed E-state index contributed by atoms with van der Waals surface area (Å²) in [6.45, 7) is 0. The van der Waals surface area contributed by atoms with E-state index in [2.05, 4.69) is 20.8 Å². The maximum atomic E-state index is 13.2. The van der Waals surface area contributed by atoms with Crippen LogP contribution in [0.5, 0.6) is 11.5 Å². The van der Waals surface area contributed by atoms with Crippen molar-refractivity contribution >= 4 is 57.1 Å². The van der Waals surface area contributed by atoms with Crippen molar-refractivity contribution in [2.75, 3.05) is 30.6 Å². The Hall–Kier alpha value is -2.63. The minimum atomic E-state index is -0.480. The van der Waals surface area contributed by atoms with Crippen molar-refractivity contribution in [3.63, 3.8) is 0 Å². The minimum absolute atomic E-state index is 0.0265. The monoisotopic (exact) mass is 504 g/mol. The van der Waals surface area contributed by atoms with E-state index < -0.39 is 5.41 Å². The zero-order valence-corrected chi connectivity index (χ0v) is 20.7. The van der Waals surface area contributed by atoms with E-state index in [1.807, 2.05) is 17.5 Å². The van der Waals surface area contributed by atoms with E-state index in [-0.39, 0.29) is 17.6 Å². The predicted octanol–water partition coefficient (Wildman–Crippen LogP) is 4.80. The van der Waals surface area contributed by atoms with Crippen LogP contribution in [0.2, 0.25) is 0 Å². The Balaban J connectivity index is 1.32. The third-order valence-electron chi connectivity index (χ3n) is 5.51. The molecular weight excluding hydrogens is 480 g/mol. The van der Waals surface area contributed by atoms with Crippen molar-refractivity contribution in [2.24, 2.45) is 0 Å². The van der Waals surface area contributed by atoms with Crippen LogP contribution in [0.15, 0.2) is 40.1 Å². The number of amides is 2. The van der Waals surface area contributed by atoms with Crippen molar-refractivity contribution in [3.05, 3.63) is 40.6 Å². The molecule has 2 heterocycles. The van der Waals surface area contributed by atoms with Crippen LogP contribution in [0.4, 0.5) is 10.8 Å². The summed E-state index contributed by atoms with van der Waals surface area (Å²) >= 11 is 4.16. The van der Waals surface area contributed by atoms with Gasteiger partial charge in [-0.3, -0.25) is 14.9 Å². The van der Waals surface area contributed by atoms with Crippen LogP contribution in [0.3, 0.4) is 0 Å². The first-order chi connectivity index (χ1) is 16.0. The molecule has 3 aromatic rings. The van der Waals surface area contributed by atoms with Crippen LogP contribution >= 0.6 is 34.4 Å². The molecule has 1 aromatic carbocycles. The fourth-order valence-corrected chi connectivity index (χ4v) is 6.42. The van der Waals surface area contributed by atoms with Gasteiger partial charge in [0.2, 0.25) is 16.9 Å². The van der Waals surface area contributed by atoms with Crippen LogP contribution in [0.25, 0.3) is 0 Å². The molecule has 174 valence electrons. The third-order valence-corrected chi connectivity index (χ3v) is 8.55. The Kier molecular flexibility index (Phi) is 7.51. The number of carbonyl (C=O) groups excluding carboxylic acids is 2. The maximum Gasteiger partial charge on any atom is 0.237 e. The van der Waals surface area contributed by atoms with Crippen LogP contribution in [0.1, 0.15) is 30.6 Å². The van der Waals surface area contributed by atoms with Crippen molar-refractivity contribution in [3.8, 4) is 11.5 Å². The highest BCUT2D eigenvalue weighted by molar-refractivity contribution is 8.01. The first-order valence-corrected chi connectivity index (χ1v) is 13.1. The van der Waals surface area contributed by atoms with E-state index in [0.717, 1.165) is 30.6 Å². The average Bonchev–Trinajstić information content (AvgIpc) is 3.59. The SMILES string of the molecule is COc1ccc(NC(=O)CSc2nnc(NC(=O)C3(c4cccs4)CCCC3)s2)cc1OC. The van der Waals surface area contributed by atoms with Gasteiger partial charge in [-0.15, -0.1) is 21.5 Å². The molecule has 1 aliphatic carbocycles. The van der Waals surface area contributed by atoms with Gasteiger partial charge in [0, 0.05) is 16.6 Å². The number of thioether (sulfide) groups is 1. The lowest BCUT2D eigenvalue weighted by atomic mass is 9.83. The standard InChI is InChI=1S/C22H24N4O4S3/c1-29-15-8-7-14(12-16(15)30-2)23-18(27)13-32-21-26-25-20(33-21)24-19(28)22(9-3-4-10-22)17-6-5-11-31-17/h5-8,11-12H,3-4,9-10,13H2,1-2H3,(H,23,27)(H,24,25,28). The molecule has 2 N–H and O–H groups in total. The fourth-order valence-electron chi connectivity index (χ4n) is 3.89. The van der Waals surface area contributed by atoms with E-state index in [1.54, 1.807) is 43.8 Å². The second-order valence-corrected chi connectivity index (χ2v) is 10.6. The van der Waals surface area contributed by atoms with E-state index >= 15 is 0 Å².